The summed E-state index contributed by atoms with van der Waals surface area (Å²) in [6, 6.07) is 45.1. The van der Waals surface area contributed by atoms with E-state index < -0.39 is 0 Å². The Morgan fingerprint density at radius 2 is 1.29 bits per heavy atom. The Bertz CT molecular complexity index is 2690. The van der Waals surface area contributed by atoms with Crippen LogP contribution in [0.5, 0.6) is 0 Å². The maximum absolute atomic E-state index is 6.16. The maximum Gasteiger partial charge on any atom is 0.162 e. The molecule has 4 nitrogen and oxygen atoms in total. The van der Waals surface area contributed by atoms with Crippen LogP contribution in [0.4, 0.5) is 0 Å². The van der Waals surface area contributed by atoms with E-state index in [0.717, 1.165) is 55.6 Å². The molecular weight excluding hydrogens is 550 g/mol. The van der Waals surface area contributed by atoms with E-state index in [9.17, 15) is 0 Å². The van der Waals surface area contributed by atoms with E-state index in [2.05, 4.69) is 128 Å². The molecule has 212 valence electrons. The summed E-state index contributed by atoms with van der Waals surface area (Å²) in [4.78, 5) is 10.9. The molecule has 0 spiro atoms. The molecule has 0 atom stereocenters. The highest BCUT2D eigenvalue weighted by Gasteiger charge is 2.40. The average Bonchev–Trinajstić information content (AvgIpc) is 3.68. The predicted octanol–water partition coefficient (Wildman–Crippen LogP) is 10.6. The second-order valence-electron chi connectivity index (χ2n) is 12.6. The highest BCUT2D eigenvalue weighted by Crippen LogP contribution is 2.51. The molecule has 0 saturated carbocycles. The summed E-state index contributed by atoms with van der Waals surface area (Å²) in [6.07, 6.45) is 0. The lowest BCUT2D eigenvalue weighted by molar-refractivity contribution is 0.650. The number of fused-ring (bicyclic) bond motifs is 10. The Hall–Kier alpha value is -5.74. The molecule has 45 heavy (non-hydrogen) atoms. The molecule has 0 N–H and O–H groups in total. The first-order valence-corrected chi connectivity index (χ1v) is 15.4. The Morgan fingerprint density at radius 1 is 0.578 bits per heavy atom. The normalized spacial score (nSPS) is 13.7. The second kappa shape index (κ2) is 8.67. The fraction of sp³-hybridized carbons (Fsp3) is 0.0732. The smallest absolute Gasteiger partial charge is 0.162 e. The molecule has 0 aliphatic heterocycles. The van der Waals surface area contributed by atoms with Gasteiger partial charge >= 0.3 is 0 Å². The summed E-state index contributed by atoms with van der Waals surface area (Å²) >= 11 is 0. The quantitative estimate of drug-likeness (QED) is 0.205. The standard InChI is InChI=1S/C41H27N3O/c1-41(2)32-16-8-5-15-29(32)38-37(41)40(43-39(42-38)26-19-20-36-31(22-26)28-14-7-10-18-35(28)45-36)44-33-17-9-6-13-27(33)30-21-24-11-3-4-12-25(24)23-34(30)44/h3-23H,1-2H3. The Labute approximate surface area is 259 Å². The van der Waals surface area contributed by atoms with Gasteiger partial charge in [-0.3, -0.25) is 4.57 Å². The van der Waals surface area contributed by atoms with E-state index in [4.69, 9.17) is 14.4 Å². The Morgan fingerprint density at radius 3 is 2.18 bits per heavy atom. The zero-order valence-electron chi connectivity index (χ0n) is 24.9. The SMILES string of the molecule is CC1(C)c2ccccc2-c2nc(-c3ccc4oc5ccccc5c4c3)nc(-n3c4ccccc4c4cc5ccccc5cc43)c21. The number of para-hydroxylation sites is 2. The molecule has 3 heterocycles. The van der Waals surface area contributed by atoms with Gasteiger partial charge in [0.2, 0.25) is 0 Å². The molecule has 0 amide bonds. The van der Waals surface area contributed by atoms with E-state index in [1.54, 1.807) is 0 Å². The second-order valence-corrected chi connectivity index (χ2v) is 12.6. The van der Waals surface area contributed by atoms with Gasteiger partial charge in [-0.1, -0.05) is 98.8 Å². The van der Waals surface area contributed by atoms with Crippen molar-refractivity contribution >= 4 is 54.5 Å². The fourth-order valence-electron chi connectivity index (χ4n) is 7.63. The largest absolute Gasteiger partial charge is 0.456 e. The maximum atomic E-state index is 6.16. The van der Waals surface area contributed by atoms with Crippen LogP contribution in [-0.2, 0) is 5.41 Å². The minimum Gasteiger partial charge on any atom is -0.456 e. The molecule has 0 radical (unpaired) electrons. The van der Waals surface area contributed by atoms with Crippen molar-refractivity contribution in [2.75, 3.05) is 0 Å². The van der Waals surface area contributed by atoms with Crippen molar-refractivity contribution < 1.29 is 4.42 Å². The highest BCUT2D eigenvalue weighted by molar-refractivity contribution is 6.14. The van der Waals surface area contributed by atoms with Crippen LogP contribution >= 0.6 is 0 Å². The van der Waals surface area contributed by atoms with Crippen LogP contribution in [0.3, 0.4) is 0 Å². The van der Waals surface area contributed by atoms with Crippen LogP contribution in [0.2, 0.25) is 0 Å². The first kappa shape index (κ1) is 24.7. The van der Waals surface area contributed by atoms with Crippen molar-refractivity contribution in [2.24, 2.45) is 0 Å². The van der Waals surface area contributed by atoms with Crippen molar-refractivity contribution in [3.63, 3.8) is 0 Å². The van der Waals surface area contributed by atoms with Gasteiger partial charge in [-0.25, -0.2) is 9.97 Å². The highest BCUT2D eigenvalue weighted by atomic mass is 16.3. The number of aromatic nitrogens is 3. The number of hydrogen-bond acceptors (Lipinski definition) is 3. The number of rotatable bonds is 2. The van der Waals surface area contributed by atoms with Gasteiger partial charge in [-0.15, -0.1) is 0 Å². The molecule has 0 bridgehead atoms. The molecule has 3 aromatic heterocycles. The molecule has 10 rings (SSSR count). The van der Waals surface area contributed by atoms with Crippen molar-refractivity contribution in [3.05, 3.63) is 139 Å². The third kappa shape index (κ3) is 3.31. The van der Waals surface area contributed by atoms with Gasteiger partial charge in [0.05, 0.1) is 16.7 Å². The van der Waals surface area contributed by atoms with Gasteiger partial charge in [0.25, 0.3) is 0 Å². The monoisotopic (exact) mass is 577 g/mol. The van der Waals surface area contributed by atoms with Gasteiger partial charge in [0, 0.05) is 43.7 Å². The molecule has 0 unspecified atom stereocenters. The lowest BCUT2D eigenvalue weighted by Crippen LogP contribution is -2.19. The Balaban J connectivity index is 1.34. The number of benzene rings is 6. The third-order valence-corrected chi connectivity index (χ3v) is 9.76. The summed E-state index contributed by atoms with van der Waals surface area (Å²) in [5, 5.41) is 7.04. The predicted molar refractivity (Wildman–Crippen MR) is 184 cm³/mol. The molecule has 1 aliphatic carbocycles. The summed E-state index contributed by atoms with van der Waals surface area (Å²) in [6.45, 7) is 4.61. The molecular formula is C41H27N3O. The van der Waals surface area contributed by atoms with E-state index in [1.165, 1.54) is 32.7 Å². The summed E-state index contributed by atoms with van der Waals surface area (Å²) in [5.41, 5.74) is 9.29. The fourth-order valence-corrected chi connectivity index (χ4v) is 7.63. The molecule has 0 fully saturated rings. The van der Waals surface area contributed by atoms with Gasteiger partial charge in [-0.2, -0.15) is 0 Å². The molecule has 0 saturated heterocycles. The van der Waals surface area contributed by atoms with Crippen LogP contribution < -0.4 is 0 Å². The summed E-state index contributed by atoms with van der Waals surface area (Å²) in [5.74, 6) is 1.63. The van der Waals surface area contributed by atoms with Crippen LogP contribution in [0.1, 0.15) is 25.0 Å². The molecule has 1 aliphatic rings. The van der Waals surface area contributed by atoms with Crippen LogP contribution in [-0.4, -0.2) is 14.5 Å². The van der Waals surface area contributed by atoms with Crippen LogP contribution in [0.15, 0.2) is 132 Å². The minimum absolute atomic E-state index is 0.293. The van der Waals surface area contributed by atoms with Crippen LogP contribution in [0.25, 0.3) is 83.0 Å². The zero-order valence-corrected chi connectivity index (χ0v) is 24.9. The van der Waals surface area contributed by atoms with Gasteiger partial charge in [0.15, 0.2) is 5.82 Å². The van der Waals surface area contributed by atoms with Crippen molar-refractivity contribution in [1.29, 1.82) is 0 Å². The van der Waals surface area contributed by atoms with Crippen LogP contribution in [0, 0.1) is 0 Å². The van der Waals surface area contributed by atoms with Crippen molar-refractivity contribution in [2.45, 2.75) is 19.3 Å². The van der Waals surface area contributed by atoms with Crippen molar-refractivity contribution in [1.82, 2.24) is 14.5 Å². The van der Waals surface area contributed by atoms with Crippen molar-refractivity contribution in [3.8, 4) is 28.5 Å². The Kier molecular flexibility index (Phi) is 4.76. The van der Waals surface area contributed by atoms with E-state index in [0.29, 0.717) is 5.82 Å². The van der Waals surface area contributed by atoms with Gasteiger partial charge in [0.1, 0.15) is 17.0 Å². The van der Waals surface area contributed by atoms with E-state index in [1.807, 2.05) is 18.2 Å². The zero-order chi connectivity index (χ0) is 29.9. The van der Waals surface area contributed by atoms with Gasteiger partial charge < -0.3 is 4.42 Å². The number of furan rings is 1. The first-order chi connectivity index (χ1) is 22.1. The summed E-state index contributed by atoms with van der Waals surface area (Å²) < 4.78 is 8.54. The molecule has 9 aromatic rings. The average molecular weight is 578 g/mol. The third-order valence-electron chi connectivity index (χ3n) is 9.76. The first-order valence-electron chi connectivity index (χ1n) is 15.4. The van der Waals surface area contributed by atoms with E-state index >= 15 is 0 Å². The molecule has 4 heteroatoms. The van der Waals surface area contributed by atoms with Gasteiger partial charge in [-0.05, 0) is 58.8 Å². The topological polar surface area (TPSA) is 43.9 Å². The lowest BCUT2D eigenvalue weighted by atomic mass is 9.82. The molecule has 6 aromatic carbocycles. The summed E-state index contributed by atoms with van der Waals surface area (Å²) in [7, 11) is 0. The number of nitrogens with zero attached hydrogens (tertiary/aromatic N) is 3. The lowest BCUT2D eigenvalue weighted by Gasteiger charge is -2.24. The number of hydrogen-bond donors (Lipinski definition) is 0. The van der Waals surface area contributed by atoms with E-state index in [-0.39, 0.29) is 5.41 Å². The minimum atomic E-state index is -0.293.